The van der Waals surface area contributed by atoms with Crippen LogP contribution in [0.1, 0.15) is 18.4 Å². The quantitative estimate of drug-likeness (QED) is 0.810. The van der Waals surface area contributed by atoms with Gasteiger partial charge in [0, 0.05) is 19.5 Å². The average Bonchev–Trinajstić information content (AvgIpc) is 3.00. The summed E-state index contributed by atoms with van der Waals surface area (Å²) in [5.41, 5.74) is -0.447. The third kappa shape index (κ3) is 4.61. The van der Waals surface area contributed by atoms with E-state index in [0.29, 0.717) is 30.0 Å². The number of amides is 2. The third-order valence-corrected chi connectivity index (χ3v) is 4.64. The topological polar surface area (TPSA) is 67.9 Å². The van der Waals surface area contributed by atoms with Crippen molar-refractivity contribution >= 4 is 17.5 Å². The van der Waals surface area contributed by atoms with Crippen molar-refractivity contribution in [3.63, 3.8) is 0 Å². The molecule has 1 saturated heterocycles. The molecular formula is C20H19F3N2O4. The predicted molar refractivity (Wildman–Crippen MR) is 98.9 cm³/mol. The van der Waals surface area contributed by atoms with Crippen LogP contribution < -0.4 is 14.8 Å². The summed E-state index contributed by atoms with van der Waals surface area (Å²) in [6, 6.07) is 8.34. The van der Waals surface area contributed by atoms with Gasteiger partial charge in [-0.1, -0.05) is 0 Å². The monoisotopic (exact) mass is 408 g/mol. The van der Waals surface area contributed by atoms with E-state index in [9.17, 15) is 22.8 Å². The molecule has 9 heteroatoms. The number of ether oxygens (including phenoxy) is 2. The number of likely N-dealkylation sites (tertiary alicyclic amines) is 1. The Morgan fingerprint density at radius 1 is 1.14 bits per heavy atom. The van der Waals surface area contributed by atoms with Gasteiger partial charge in [-0.05, 0) is 42.8 Å². The van der Waals surface area contributed by atoms with Crippen LogP contribution in [0.2, 0.25) is 0 Å². The number of methoxy groups -OCH3 is 1. The minimum Gasteiger partial charge on any atom is -0.495 e. The highest BCUT2D eigenvalue weighted by molar-refractivity contribution is 5.99. The van der Waals surface area contributed by atoms with Gasteiger partial charge in [0.1, 0.15) is 23.3 Å². The minimum absolute atomic E-state index is 0.100. The molecule has 2 aromatic rings. The van der Waals surface area contributed by atoms with Gasteiger partial charge in [-0.15, -0.1) is 0 Å². The van der Waals surface area contributed by atoms with Gasteiger partial charge >= 0.3 is 6.18 Å². The zero-order valence-electron chi connectivity index (χ0n) is 15.7. The summed E-state index contributed by atoms with van der Waals surface area (Å²) in [7, 11) is 3.01. The van der Waals surface area contributed by atoms with Gasteiger partial charge in [0.25, 0.3) is 0 Å². The van der Waals surface area contributed by atoms with Crippen LogP contribution in [0.5, 0.6) is 17.2 Å². The maximum atomic E-state index is 12.7. The van der Waals surface area contributed by atoms with Crippen molar-refractivity contribution in [2.75, 3.05) is 19.5 Å². The molecule has 0 spiro atoms. The normalized spacial score (nSPS) is 16.7. The Balaban J connectivity index is 1.76. The number of hydrogen-bond donors (Lipinski definition) is 1. The number of hydrogen-bond acceptors (Lipinski definition) is 4. The number of carbonyl (C=O) groups is 2. The van der Waals surface area contributed by atoms with Crippen LogP contribution in [0.3, 0.4) is 0 Å². The molecule has 0 aromatic heterocycles. The van der Waals surface area contributed by atoms with Crippen molar-refractivity contribution in [2.24, 2.45) is 0 Å². The zero-order valence-corrected chi connectivity index (χ0v) is 15.7. The first-order chi connectivity index (χ1) is 13.7. The van der Waals surface area contributed by atoms with Crippen LogP contribution in [0.4, 0.5) is 18.9 Å². The molecular weight excluding hydrogens is 389 g/mol. The summed E-state index contributed by atoms with van der Waals surface area (Å²) in [5.74, 6) is 0.434. The van der Waals surface area contributed by atoms with E-state index in [4.69, 9.17) is 9.47 Å². The maximum absolute atomic E-state index is 12.7. The first-order valence-corrected chi connectivity index (χ1v) is 8.78. The number of anilines is 1. The highest BCUT2D eigenvalue weighted by atomic mass is 19.4. The number of nitrogens with one attached hydrogen (secondary N) is 1. The van der Waals surface area contributed by atoms with E-state index in [-0.39, 0.29) is 17.6 Å². The standard InChI is InChI=1S/C20H19F3N2O4/c1-25-16(8-10-18(25)26)19(27)24-15-11-14(7-9-17(15)28-2)29-13-5-3-12(4-6-13)20(21,22)23/h3-7,9,11,16H,8,10H2,1-2H3,(H,24,27)/t16-/m0/s1. The summed E-state index contributed by atoms with van der Waals surface area (Å²) in [6.45, 7) is 0. The Bertz CT molecular complexity index is 913. The molecule has 1 aliphatic rings. The molecule has 0 radical (unpaired) electrons. The SMILES string of the molecule is COc1ccc(Oc2ccc(C(F)(F)F)cc2)cc1NC(=O)[C@@H]1CCC(=O)N1C. The van der Waals surface area contributed by atoms with Crippen LogP contribution in [0.15, 0.2) is 42.5 Å². The Hall–Kier alpha value is -3.23. The molecule has 29 heavy (non-hydrogen) atoms. The molecule has 0 bridgehead atoms. The lowest BCUT2D eigenvalue weighted by Gasteiger charge is -2.20. The number of carbonyl (C=O) groups excluding carboxylic acids is 2. The Morgan fingerprint density at radius 2 is 1.79 bits per heavy atom. The van der Waals surface area contributed by atoms with Crippen LogP contribution in [0, 0.1) is 0 Å². The lowest BCUT2D eigenvalue weighted by molar-refractivity contribution is -0.137. The van der Waals surface area contributed by atoms with Crippen molar-refractivity contribution < 1.29 is 32.2 Å². The van der Waals surface area contributed by atoms with Gasteiger partial charge in [-0.2, -0.15) is 13.2 Å². The van der Waals surface area contributed by atoms with E-state index in [1.54, 1.807) is 19.2 Å². The molecule has 154 valence electrons. The number of halogens is 3. The number of rotatable bonds is 5. The highest BCUT2D eigenvalue weighted by Gasteiger charge is 2.33. The van der Waals surface area contributed by atoms with Crippen molar-refractivity contribution in [1.29, 1.82) is 0 Å². The van der Waals surface area contributed by atoms with Crippen LogP contribution in [-0.4, -0.2) is 36.9 Å². The Labute approximate surface area is 165 Å². The lowest BCUT2D eigenvalue weighted by atomic mass is 10.2. The van der Waals surface area contributed by atoms with Crippen LogP contribution >= 0.6 is 0 Å². The summed E-state index contributed by atoms with van der Waals surface area (Å²) < 4.78 is 48.8. The fourth-order valence-electron chi connectivity index (χ4n) is 3.02. The molecule has 1 aliphatic heterocycles. The Kier molecular flexibility index (Phi) is 5.67. The summed E-state index contributed by atoms with van der Waals surface area (Å²) in [6.07, 6.45) is -3.70. The minimum atomic E-state index is -4.43. The van der Waals surface area contributed by atoms with Crippen LogP contribution in [0.25, 0.3) is 0 Å². The second kappa shape index (κ2) is 8.02. The van der Waals surface area contributed by atoms with Crippen molar-refractivity contribution in [3.8, 4) is 17.2 Å². The van der Waals surface area contributed by atoms with Crippen LogP contribution in [-0.2, 0) is 15.8 Å². The molecule has 1 atom stereocenters. The van der Waals surface area contributed by atoms with E-state index >= 15 is 0 Å². The van der Waals surface area contributed by atoms with Gasteiger partial charge in [0.05, 0.1) is 18.4 Å². The molecule has 6 nitrogen and oxygen atoms in total. The van der Waals surface area contributed by atoms with Gasteiger partial charge in [0.15, 0.2) is 0 Å². The molecule has 0 aliphatic carbocycles. The van der Waals surface area contributed by atoms with E-state index in [1.165, 1.54) is 30.2 Å². The number of benzene rings is 2. The fourth-order valence-corrected chi connectivity index (χ4v) is 3.02. The molecule has 0 saturated carbocycles. The highest BCUT2D eigenvalue weighted by Crippen LogP contribution is 2.34. The molecule has 0 unspecified atom stereocenters. The largest absolute Gasteiger partial charge is 0.495 e. The summed E-state index contributed by atoms with van der Waals surface area (Å²) >= 11 is 0. The smallest absolute Gasteiger partial charge is 0.416 e. The van der Waals surface area contributed by atoms with E-state index in [0.717, 1.165) is 12.1 Å². The Morgan fingerprint density at radius 3 is 2.34 bits per heavy atom. The van der Waals surface area contributed by atoms with Gasteiger partial charge in [-0.3, -0.25) is 9.59 Å². The van der Waals surface area contributed by atoms with E-state index in [1.807, 2.05) is 0 Å². The fraction of sp³-hybridized carbons (Fsp3) is 0.300. The molecule has 1 N–H and O–H groups in total. The van der Waals surface area contributed by atoms with Crippen molar-refractivity contribution in [1.82, 2.24) is 4.90 Å². The lowest BCUT2D eigenvalue weighted by Crippen LogP contribution is -2.38. The molecule has 1 heterocycles. The van der Waals surface area contributed by atoms with Gasteiger partial charge in [0.2, 0.25) is 11.8 Å². The summed E-state index contributed by atoms with van der Waals surface area (Å²) in [5, 5.41) is 2.72. The molecule has 3 rings (SSSR count). The number of nitrogens with zero attached hydrogens (tertiary/aromatic N) is 1. The second-order valence-electron chi connectivity index (χ2n) is 6.53. The summed E-state index contributed by atoms with van der Waals surface area (Å²) in [4.78, 5) is 25.6. The predicted octanol–water partition coefficient (Wildman–Crippen LogP) is 4.07. The molecule has 2 aromatic carbocycles. The van der Waals surface area contributed by atoms with E-state index in [2.05, 4.69) is 5.32 Å². The zero-order chi connectivity index (χ0) is 21.2. The maximum Gasteiger partial charge on any atom is 0.416 e. The first kappa shape index (κ1) is 20.5. The van der Waals surface area contributed by atoms with Gasteiger partial charge in [-0.25, -0.2) is 0 Å². The third-order valence-electron chi connectivity index (χ3n) is 4.64. The number of likely N-dealkylation sites (N-methyl/N-ethyl adjacent to an activating group) is 1. The van der Waals surface area contributed by atoms with E-state index < -0.39 is 17.8 Å². The molecule has 1 fully saturated rings. The van der Waals surface area contributed by atoms with Gasteiger partial charge < -0.3 is 19.7 Å². The van der Waals surface area contributed by atoms with Crippen molar-refractivity contribution in [2.45, 2.75) is 25.1 Å². The number of alkyl halides is 3. The van der Waals surface area contributed by atoms with Crippen molar-refractivity contribution in [3.05, 3.63) is 48.0 Å². The first-order valence-electron chi connectivity index (χ1n) is 8.78. The average molecular weight is 408 g/mol. The molecule has 2 amide bonds. The second-order valence-corrected chi connectivity index (χ2v) is 6.53.